The lowest BCUT2D eigenvalue weighted by molar-refractivity contribution is 0.177. The number of amides is 1. The first-order valence-electron chi connectivity index (χ1n) is 12.1. The summed E-state index contributed by atoms with van der Waals surface area (Å²) in [6.45, 7) is 7.45. The standard InChI is InChI=1S/C25H32N6O2S/c1-16(2)21-15-33-25(32)31(21)23-22-20(10-14-34-22)29-24(30-23)27-13-7-17-3-5-18(6-4-17)28-19-8-11-26-12-9-19/h3-6,10,14,16,19,21,26,28H,7-9,11-13,15H2,1-2H3,(H,27,29,30)/t21-/m1/s1. The van der Waals surface area contributed by atoms with Gasteiger partial charge in [-0.05, 0) is 67.4 Å². The fourth-order valence-corrected chi connectivity index (χ4v) is 5.37. The van der Waals surface area contributed by atoms with E-state index in [1.165, 1.54) is 11.3 Å². The molecule has 180 valence electrons. The van der Waals surface area contributed by atoms with Gasteiger partial charge in [0.25, 0.3) is 0 Å². The number of carbonyl (C=O) groups is 1. The molecule has 4 heterocycles. The first-order valence-corrected chi connectivity index (χ1v) is 13.0. The molecule has 0 saturated carbocycles. The molecule has 0 radical (unpaired) electrons. The Kier molecular flexibility index (Phi) is 6.82. The zero-order valence-electron chi connectivity index (χ0n) is 19.7. The first-order chi connectivity index (χ1) is 16.6. The summed E-state index contributed by atoms with van der Waals surface area (Å²) in [6, 6.07) is 11.2. The van der Waals surface area contributed by atoms with Crippen LogP contribution in [0.5, 0.6) is 0 Å². The molecule has 2 aromatic heterocycles. The number of hydrogen-bond donors (Lipinski definition) is 3. The zero-order chi connectivity index (χ0) is 23.5. The molecule has 34 heavy (non-hydrogen) atoms. The van der Waals surface area contributed by atoms with Gasteiger partial charge in [-0.3, -0.25) is 4.90 Å². The molecule has 1 aromatic carbocycles. The van der Waals surface area contributed by atoms with E-state index in [0.29, 0.717) is 31.0 Å². The lowest BCUT2D eigenvalue weighted by Crippen LogP contribution is -2.38. The minimum absolute atomic E-state index is 0.0300. The molecule has 2 aliphatic rings. The van der Waals surface area contributed by atoms with E-state index >= 15 is 0 Å². The second-order valence-electron chi connectivity index (χ2n) is 9.31. The number of thiophene rings is 1. The number of piperidine rings is 1. The van der Waals surface area contributed by atoms with E-state index < -0.39 is 0 Å². The third kappa shape index (κ3) is 4.95. The van der Waals surface area contributed by atoms with Crippen LogP contribution < -0.4 is 20.9 Å². The van der Waals surface area contributed by atoms with Gasteiger partial charge in [0.1, 0.15) is 6.61 Å². The lowest BCUT2D eigenvalue weighted by Gasteiger charge is -2.24. The second kappa shape index (κ2) is 10.1. The summed E-state index contributed by atoms with van der Waals surface area (Å²) in [5, 5.41) is 12.4. The van der Waals surface area contributed by atoms with E-state index in [1.54, 1.807) is 16.2 Å². The van der Waals surface area contributed by atoms with Gasteiger partial charge in [0.05, 0.1) is 16.3 Å². The Labute approximate surface area is 204 Å². The third-order valence-electron chi connectivity index (χ3n) is 6.55. The number of benzene rings is 1. The first kappa shape index (κ1) is 22.9. The van der Waals surface area contributed by atoms with Gasteiger partial charge in [0, 0.05) is 18.3 Å². The van der Waals surface area contributed by atoms with Crippen molar-refractivity contribution in [2.75, 3.05) is 41.8 Å². The molecule has 3 N–H and O–H groups in total. The van der Waals surface area contributed by atoms with E-state index in [0.717, 1.165) is 42.6 Å². The summed E-state index contributed by atoms with van der Waals surface area (Å²) in [5.74, 6) is 1.43. The maximum Gasteiger partial charge on any atom is 0.415 e. The molecule has 8 nitrogen and oxygen atoms in total. The zero-order valence-corrected chi connectivity index (χ0v) is 20.5. The summed E-state index contributed by atoms with van der Waals surface area (Å²) in [4.78, 5) is 23.7. The van der Waals surface area contributed by atoms with Gasteiger partial charge >= 0.3 is 6.09 Å². The number of cyclic esters (lactones) is 1. The molecule has 1 amide bonds. The summed E-state index contributed by atoms with van der Waals surface area (Å²) in [7, 11) is 0. The highest BCUT2D eigenvalue weighted by molar-refractivity contribution is 7.17. The average Bonchev–Trinajstić information content (AvgIpc) is 3.47. The van der Waals surface area contributed by atoms with Crippen LogP contribution in [0.4, 0.5) is 22.2 Å². The topological polar surface area (TPSA) is 91.4 Å². The Morgan fingerprint density at radius 1 is 1.18 bits per heavy atom. The van der Waals surface area contributed by atoms with Crippen LogP contribution in [-0.2, 0) is 11.2 Å². The van der Waals surface area contributed by atoms with Crippen molar-refractivity contribution in [1.82, 2.24) is 15.3 Å². The SMILES string of the molecule is CC(C)[C@H]1COC(=O)N1c1nc(NCCc2ccc(NC3CCNCC3)cc2)nc2ccsc12. The Morgan fingerprint density at radius 2 is 1.97 bits per heavy atom. The number of nitrogens with zero attached hydrogens (tertiary/aromatic N) is 3. The van der Waals surface area contributed by atoms with Crippen molar-refractivity contribution < 1.29 is 9.53 Å². The van der Waals surface area contributed by atoms with Crippen LogP contribution in [0, 0.1) is 5.92 Å². The molecule has 2 saturated heterocycles. The molecular formula is C25H32N6O2S. The van der Waals surface area contributed by atoms with Gasteiger partial charge < -0.3 is 20.7 Å². The van der Waals surface area contributed by atoms with E-state index in [-0.39, 0.29) is 18.1 Å². The Balaban J connectivity index is 1.24. The van der Waals surface area contributed by atoms with Crippen molar-refractivity contribution in [2.45, 2.75) is 45.2 Å². The van der Waals surface area contributed by atoms with Crippen LogP contribution in [0.3, 0.4) is 0 Å². The largest absolute Gasteiger partial charge is 0.447 e. The highest BCUT2D eigenvalue weighted by atomic mass is 32.1. The fourth-order valence-electron chi connectivity index (χ4n) is 4.55. The van der Waals surface area contributed by atoms with Crippen molar-refractivity contribution in [3.63, 3.8) is 0 Å². The Bertz CT molecular complexity index is 1130. The maximum absolute atomic E-state index is 12.5. The van der Waals surface area contributed by atoms with E-state index in [1.807, 2.05) is 11.4 Å². The number of rotatable bonds is 8. The van der Waals surface area contributed by atoms with Crippen molar-refractivity contribution in [2.24, 2.45) is 5.92 Å². The molecule has 1 atom stereocenters. The van der Waals surface area contributed by atoms with Gasteiger partial charge in [-0.1, -0.05) is 26.0 Å². The molecule has 2 fully saturated rings. The number of carbonyl (C=O) groups excluding carboxylic acids is 1. The molecule has 0 bridgehead atoms. The molecular weight excluding hydrogens is 448 g/mol. The van der Waals surface area contributed by atoms with Gasteiger partial charge in [0.2, 0.25) is 5.95 Å². The number of nitrogens with one attached hydrogen (secondary N) is 3. The summed E-state index contributed by atoms with van der Waals surface area (Å²) in [6.07, 6.45) is 2.84. The van der Waals surface area contributed by atoms with Gasteiger partial charge in [-0.15, -0.1) is 11.3 Å². The molecule has 9 heteroatoms. The van der Waals surface area contributed by atoms with Crippen molar-refractivity contribution in [3.05, 3.63) is 41.3 Å². The van der Waals surface area contributed by atoms with Gasteiger partial charge in [0.15, 0.2) is 5.82 Å². The molecule has 5 rings (SSSR count). The van der Waals surface area contributed by atoms with Crippen molar-refractivity contribution in [3.8, 4) is 0 Å². The van der Waals surface area contributed by atoms with Gasteiger partial charge in [-0.25, -0.2) is 9.78 Å². The molecule has 0 spiro atoms. The number of ether oxygens (including phenoxy) is 1. The van der Waals surface area contributed by atoms with Crippen LogP contribution in [-0.4, -0.2) is 54.4 Å². The third-order valence-corrected chi connectivity index (χ3v) is 7.45. The summed E-state index contributed by atoms with van der Waals surface area (Å²) < 4.78 is 6.27. The lowest BCUT2D eigenvalue weighted by atomic mass is 10.0. The Hall–Kier alpha value is -2.91. The van der Waals surface area contributed by atoms with Crippen LogP contribution in [0.2, 0.25) is 0 Å². The molecule has 0 unspecified atom stereocenters. The van der Waals surface area contributed by atoms with Gasteiger partial charge in [-0.2, -0.15) is 4.98 Å². The number of hydrogen-bond acceptors (Lipinski definition) is 8. The predicted molar refractivity (Wildman–Crippen MR) is 138 cm³/mol. The molecule has 3 aromatic rings. The maximum atomic E-state index is 12.5. The van der Waals surface area contributed by atoms with E-state index in [9.17, 15) is 4.79 Å². The van der Waals surface area contributed by atoms with Crippen LogP contribution in [0.15, 0.2) is 35.7 Å². The second-order valence-corrected chi connectivity index (χ2v) is 10.2. The fraction of sp³-hybridized carbons (Fsp3) is 0.480. The van der Waals surface area contributed by atoms with Crippen molar-refractivity contribution in [1.29, 1.82) is 0 Å². The highest BCUT2D eigenvalue weighted by Gasteiger charge is 2.38. The Morgan fingerprint density at radius 3 is 2.74 bits per heavy atom. The highest BCUT2D eigenvalue weighted by Crippen LogP contribution is 2.34. The van der Waals surface area contributed by atoms with E-state index in [2.05, 4.69) is 59.0 Å². The average molecular weight is 481 g/mol. The summed E-state index contributed by atoms with van der Waals surface area (Å²) >= 11 is 1.55. The minimum atomic E-state index is -0.337. The van der Waals surface area contributed by atoms with Crippen molar-refractivity contribution >= 4 is 45.1 Å². The predicted octanol–water partition coefficient (Wildman–Crippen LogP) is 4.49. The number of fused-ring (bicyclic) bond motifs is 1. The smallest absolute Gasteiger partial charge is 0.415 e. The minimum Gasteiger partial charge on any atom is -0.447 e. The van der Waals surface area contributed by atoms with Crippen LogP contribution >= 0.6 is 11.3 Å². The van der Waals surface area contributed by atoms with Crippen LogP contribution in [0.25, 0.3) is 10.2 Å². The van der Waals surface area contributed by atoms with E-state index in [4.69, 9.17) is 9.72 Å². The quantitative estimate of drug-likeness (QED) is 0.437. The number of anilines is 3. The molecule has 2 aliphatic heterocycles. The number of aromatic nitrogens is 2. The molecule has 0 aliphatic carbocycles. The normalized spacial score (nSPS) is 19.1. The van der Waals surface area contributed by atoms with Crippen LogP contribution in [0.1, 0.15) is 32.3 Å². The monoisotopic (exact) mass is 480 g/mol. The summed E-state index contributed by atoms with van der Waals surface area (Å²) in [5.41, 5.74) is 3.27.